The van der Waals surface area contributed by atoms with Gasteiger partial charge in [-0.15, -0.1) is 21.5 Å². The molecule has 0 aliphatic rings. The van der Waals surface area contributed by atoms with Crippen molar-refractivity contribution in [1.82, 2.24) is 15.2 Å². The Morgan fingerprint density at radius 1 is 1.28 bits per heavy atom. The second-order valence-corrected chi connectivity index (χ2v) is 7.11. The summed E-state index contributed by atoms with van der Waals surface area (Å²) in [6, 6.07) is 4.81. The van der Waals surface area contributed by atoms with Crippen LogP contribution in [-0.2, 0) is 17.4 Å². The molecule has 10 heteroatoms. The summed E-state index contributed by atoms with van der Waals surface area (Å²) in [5.74, 6) is -0.308. The lowest BCUT2D eigenvalue weighted by Gasteiger charge is -2.06. The minimum atomic E-state index is -4.43. The highest BCUT2D eigenvalue weighted by molar-refractivity contribution is 7.18. The number of hydrogen-bond acceptors (Lipinski definition) is 6. The minimum Gasteiger partial charge on any atom is -0.300 e. The second-order valence-electron chi connectivity index (χ2n) is 5.07. The first-order valence-corrected chi connectivity index (χ1v) is 8.73. The van der Waals surface area contributed by atoms with Crippen LogP contribution in [0.2, 0.25) is 0 Å². The second kappa shape index (κ2) is 6.89. The van der Waals surface area contributed by atoms with Crippen LogP contribution in [0.15, 0.2) is 29.6 Å². The largest absolute Gasteiger partial charge is 0.416 e. The van der Waals surface area contributed by atoms with Gasteiger partial charge in [-0.25, -0.2) is 4.98 Å². The van der Waals surface area contributed by atoms with E-state index in [4.69, 9.17) is 0 Å². The first-order valence-electron chi connectivity index (χ1n) is 7.03. The quantitative estimate of drug-likeness (QED) is 0.733. The van der Waals surface area contributed by atoms with Crippen molar-refractivity contribution in [3.63, 3.8) is 0 Å². The molecule has 0 radical (unpaired) electrons. The Bertz CT molecular complexity index is 904. The third-order valence-corrected chi connectivity index (χ3v) is 4.83. The molecule has 1 aromatic carbocycles. The van der Waals surface area contributed by atoms with E-state index in [0.717, 1.165) is 28.5 Å². The first kappa shape index (κ1) is 17.5. The van der Waals surface area contributed by atoms with Gasteiger partial charge >= 0.3 is 6.18 Å². The fourth-order valence-corrected chi connectivity index (χ4v) is 3.41. The smallest absolute Gasteiger partial charge is 0.300 e. The van der Waals surface area contributed by atoms with E-state index in [-0.39, 0.29) is 17.5 Å². The normalized spacial score (nSPS) is 11.5. The maximum absolute atomic E-state index is 12.8. The molecular weight excluding hydrogens is 373 g/mol. The number of carbonyl (C=O) groups excluding carboxylic acids is 1. The van der Waals surface area contributed by atoms with Gasteiger partial charge < -0.3 is 5.32 Å². The van der Waals surface area contributed by atoms with Gasteiger partial charge in [0.1, 0.15) is 5.01 Å². The van der Waals surface area contributed by atoms with Gasteiger partial charge in [-0.2, -0.15) is 13.2 Å². The zero-order valence-electron chi connectivity index (χ0n) is 12.8. The van der Waals surface area contributed by atoms with E-state index in [1.54, 1.807) is 5.38 Å². The molecule has 0 unspecified atom stereocenters. The summed E-state index contributed by atoms with van der Waals surface area (Å²) in [6.45, 7) is 1.85. The summed E-state index contributed by atoms with van der Waals surface area (Å²) in [5.41, 5.74) is 0.190. The number of rotatable bonds is 4. The molecule has 3 rings (SSSR count). The molecular formula is C15H11F3N4OS2. The van der Waals surface area contributed by atoms with Crippen LogP contribution in [0.25, 0.3) is 10.6 Å². The van der Waals surface area contributed by atoms with Crippen molar-refractivity contribution >= 4 is 33.7 Å². The number of alkyl halides is 3. The molecule has 0 fully saturated rings. The lowest BCUT2D eigenvalue weighted by molar-refractivity contribution is -0.137. The number of thiazole rings is 1. The van der Waals surface area contributed by atoms with Crippen LogP contribution in [0.3, 0.4) is 0 Å². The molecule has 3 aromatic rings. The third kappa shape index (κ3) is 4.40. The average Bonchev–Trinajstić information content (AvgIpc) is 3.16. The molecule has 2 aromatic heterocycles. The molecule has 1 N–H and O–H groups in total. The molecule has 2 heterocycles. The maximum Gasteiger partial charge on any atom is 0.416 e. The van der Waals surface area contributed by atoms with Gasteiger partial charge in [-0.05, 0) is 19.1 Å². The Morgan fingerprint density at radius 3 is 2.76 bits per heavy atom. The zero-order chi connectivity index (χ0) is 18.0. The van der Waals surface area contributed by atoms with E-state index in [9.17, 15) is 18.0 Å². The SMILES string of the molecule is Cc1nc(CC(=O)Nc2nnc(-c3cccc(C(F)(F)F)c3)s2)cs1. The van der Waals surface area contributed by atoms with Crippen LogP contribution in [0.4, 0.5) is 18.3 Å². The van der Waals surface area contributed by atoms with E-state index in [1.807, 2.05) is 6.92 Å². The third-order valence-electron chi connectivity index (χ3n) is 3.12. The topological polar surface area (TPSA) is 67.8 Å². The molecule has 0 saturated heterocycles. The van der Waals surface area contributed by atoms with Gasteiger partial charge in [-0.1, -0.05) is 23.5 Å². The van der Waals surface area contributed by atoms with Crippen molar-refractivity contribution < 1.29 is 18.0 Å². The Hall–Kier alpha value is -2.33. The fourth-order valence-electron chi connectivity index (χ4n) is 2.04. The van der Waals surface area contributed by atoms with Crippen molar-refractivity contribution in [3.05, 3.63) is 45.9 Å². The molecule has 5 nitrogen and oxygen atoms in total. The summed E-state index contributed by atoms with van der Waals surface area (Å²) in [6.07, 6.45) is -4.33. The molecule has 130 valence electrons. The van der Waals surface area contributed by atoms with E-state index in [1.165, 1.54) is 23.5 Å². The summed E-state index contributed by atoms with van der Waals surface area (Å²) in [7, 11) is 0. The van der Waals surface area contributed by atoms with Gasteiger partial charge in [0.05, 0.1) is 22.7 Å². The summed E-state index contributed by atoms with van der Waals surface area (Å²) < 4.78 is 38.3. The van der Waals surface area contributed by atoms with Crippen LogP contribution < -0.4 is 5.32 Å². The standard InChI is InChI=1S/C15H11F3N4OS2/c1-8-19-11(7-24-8)6-12(23)20-14-22-21-13(25-14)9-3-2-4-10(5-9)15(16,17)18/h2-5,7H,6H2,1H3,(H,20,22,23). The first-order chi connectivity index (χ1) is 11.8. The lowest BCUT2D eigenvalue weighted by Crippen LogP contribution is -2.14. The number of aryl methyl sites for hydroxylation is 1. The van der Waals surface area contributed by atoms with Crippen molar-refractivity contribution in [3.8, 4) is 10.6 Å². The van der Waals surface area contributed by atoms with Crippen LogP contribution in [-0.4, -0.2) is 21.1 Å². The molecule has 25 heavy (non-hydrogen) atoms. The van der Waals surface area contributed by atoms with Crippen LogP contribution in [0.5, 0.6) is 0 Å². The highest BCUT2D eigenvalue weighted by atomic mass is 32.1. The van der Waals surface area contributed by atoms with Gasteiger partial charge in [0.2, 0.25) is 11.0 Å². The number of amides is 1. The predicted octanol–water partition coefficient (Wildman–Crippen LogP) is 4.17. The number of carbonyl (C=O) groups is 1. The average molecular weight is 384 g/mol. The Kier molecular flexibility index (Phi) is 4.82. The zero-order valence-corrected chi connectivity index (χ0v) is 14.4. The number of aromatic nitrogens is 3. The number of nitrogens with one attached hydrogen (secondary N) is 1. The van der Waals surface area contributed by atoms with Gasteiger partial charge in [0.25, 0.3) is 0 Å². The van der Waals surface area contributed by atoms with E-state index in [2.05, 4.69) is 20.5 Å². The highest BCUT2D eigenvalue weighted by Gasteiger charge is 2.30. The lowest BCUT2D eigenvalue weighted by atomic mass is 10.1. The number of hydrogen-bond donors (Lipinski definition) is 1. The molecule has 0 spiro atoms. The maximum atomic E-state index is 12.8. The van der Waals surface area contributed by atoms with Gasteiger partial charge in [0.15, 0.2) is 0 Å². The van der Waals surface area contributed by atoms with Crippen molar-refractivity contribution in [1.29, 1.82) is 0 Å². The number of anilines is 1. The minimum absolute atomic E-state index is 0.100. The van der Waals surface area contributed by atoms with Crippen molar-refractivity contribution in [2.24, 2.45) is 0 Å². The van der Waals surface area contributed by atoms with E-state index >= 15 is 0 Å². The molecule has 0 aliphatic carbocycles. The molecule has 0 saturated carbocycles. The Morgan fingerprint density at radius 2 is 2.08 bits per heavy atom. The monoisotopic (exact) mass is 384 g/mol. The number of benzene rings is 1. The summed E-state index contributed by atoms with van der Waals surface area (Å²) >= 11 is 2.46. The molecule has 1 amide bonds. The van der Waals surface area contributed by atoms with Gasteiger partial charge in [-0.3, -0.25) is 4.79 Å². The summed E-state index contributed by atoms with van der Waals surface area (Å²) in [4.78, 5) is 16.2. The molecule has 0 bridgehead atoms. The fraction of sp³-hybridized carbons (Fsp3) is 0.200. The van der Waals surface area contributed by atoms with E-state index in [0.29, 0.717) is 16.3 Å². The van der Waals surface area contributed by atoms with Crippen molar-refractivity contribution in [2.45, 2.75) is 19.5 Å². The van der Waals surface area contributed by atoms with Crippen molar-refractivity contribution in [2.75, 3.05) is 5.32 Å². The number of nitrogens with zero attached hydrogens (tertiary/aromatic N) is 3. The summed E-state index contributed by atoms with van der Waals surface area (Å²) in [5, 5.41) is 13.4. The molecule has 0 aliphatic heterocycles. The van der Waals surface area contributed by atoms with Crippen LogP contribution in [0.1, 0.15) is 16.3 Å². The van der Waals surface area contributed by atoms with Crippen LogP contribution in [0, 0.1) is 6.92 Å². The van der Waals surface area contributed by atoms with Crippen LogP contribution >= 0.6 is 22.7 Å². The van der Waals surface area contributed by atoms with E-state index < -0.39 is 11.7 Å². The number of halogens is 3. The Labute approximate surface area is 148 Å². The molecule has 0 atom stereocenters. The predicted molar refractivity (Wildman–Crippen MR) is 89.5 cm³/mol. The van der Waals surface area contributed by atoms with Gasteiger partial charge in [0, 0.05) is 10.9 Å². The highest BCUT2D eigenvalue weighted by Crippen LogP contribution is 2.33. The Balaban J connectivity index is 1.71.